The molecule has 2 aromatic rings. The topological polar surface area (TPSA) is 45.2 Å². The van der Waals surface area contributed by atoms with Crippen molar-refractivity contribution in [3.63, 3.8) is 0 Å². The number of amides is 1. The summed E-state index contributed by atoms with van der Waals surface area (Å²) in [5, 5.41) is 1.24. The highest BCUT2D eigenvalue weighted by atomic mass is 16.7. The molecule has 0 bridgehead atoms. The lowest BCUT2D eigenvalue weighted by Gasteiger charge is -2.49. The molecule has 0 N–H and O–H groups in total. The van der Waals surface area contributed by atoms with Crippen LogP contribution >= 0.6 is 0 Å². The Morgan fingerprint density at radius 2 is 1.39 bits per heavy atom. The average Bonchev–Trinajstić information content (AvgIpc) is 3.01. The van der Waals surface area contributed by atoms with Crippen molar-refractivity contribution < 1.29 is 14.4 Å². The predicted molar refractivity (Wildman–Crippen MR) is 153 cm³/mol. The van der Waals surface area contributed by atoms with Crippen LogP contribution in [-0.4, -0.2) is 75.0 Å². The molecular weight excluding hydrogens is 474 g/mol. The minimum Gasteiger partial charge on any atom is -0.378 e. The quantitative estimate of drug-likeness (QED) is 0.419. The molecule has 2 saturated carbocycles. The molecule has 3 aliphatic rings. The van der Waals surface area contributed by atoms with E-state index in [-0.39, 0.29) is 11.5 Å². The van der Waals surface area contributed by atoms with Gasteiger partial charge in [0.1, 0.15) is 0 Å². The maximum atomic E-state index is 12.3. The second-order valence-corrected chi connectivity index (χ2v) is 11.5. The summed E-state index contributed by atoms with van der Waals surface area (Å²) in [4.78, 5) is 22.5. The number of hydrogen-bond donors (Lipinski definition) is 0. The summed E-state index contributed by atoms with van der Waals surface area (Å²) in [6.45, 7) is 4.44. The van der Waals surface area contributed by atoms with Crippen LogP contribution in [0.5, 0.6) is 0 Å². The third-order valence-electron chi connectivity index (χ3n) is 9.65. The van der Waals surface area contributed by atoms with Crippen LogP contribution in [0.3, 0.4) is 0 Å². The highest BCUT2D eigenvalue weighted by Crippen LogP contribution is 2.44. The lowest BCUT2D eigenvalue weighted by atomic mass is 9.68. The maximum Gasteiger partial charge on any atom is 0.277 e. The minimum atomic E-state index is -0.149. The first-order valence-corrected chi connectivity index (χ1v) is 14.6. The molecule has 0 spiro atoms. The first kappa shape index (κ1) is 27.2. The van der Waals surface area contributed by atoms with Gasteiger partial charge in [0.2, 0.25) is 0 Å². The molecule has 1 saturated heterocycles. The van der Waals surface area contributed by atoms with E-state index in [0.717, 1.165) is 43.2 Å². The molecule has 0 radical (unpaired) electrons. The molecule has 6 heteroatoms. The van der Waals surface area contributed by atoms with Crippen molar-refractivity contribution in [3.8, 4) is 11.1 Å². The van der Waals surface area contributed by atoms with E-state index in [1.165, 1.54) is 75.6 Å². The Morgan fingerprint density at radius 3 is 1.95 bits per heavy atom. The van der Waals surface area contributed by atoms with Gasteiger partial charge in [0, 0.05) is 57.6 Å². The van der Waals surface area contributed by atoms with Crippen molar-refractivity contribution in [1.29, 1.82) is 0 Å². The van der Waals surface area contributed by atoms with Crippen molar-refractivity contribution in [3.05, 3.63) is 54.1 Å². The number of piperazine rings is 1. The van der Waals surface area contributed by atoms with Gasteiger partial charge < -0.3 is 9.64 Å². The second-order valence-electron chi connectivity index (χ2n) is 11.5. The van der Waals surface area contributed by atoms with Gasteiger partial charge in [0.05, 0.1) is 12.7 Å². The molecule has 206 valence electrons. The van der Waals surface area contributed by atoms with Gasteiger partial charge >= 0.3 is 0 Å². The average molecular weight is 520 g/mol. The third kappa shape index (κ3) is 5.78. The first-order chi connectivity index (χ1) is 18.5. The van der Waals surface area contributed by atoms with Gasteiger partial charge in [0.15, 0.2) is 0 Å². The Labute approximate surface area is 228 Å². The third-order valence-corrected chi connectivity index (χ3v) is 9.65. The standard InChI is InChI=1S/C32H45N3O3/c1-33(38-3)31(36)27-11-9-25(10-12-27)26-13-15-29(16-14-26)34-21-23-35(24-22-34)30-17-19-32(37-2,20-18-30)28-7-5-4-6-8-28/h9-16,28,30H,4-8,17-24H2,1-3H3/t30-,32+. The zero-order valence-corrected chi connectivity index (χ0v) is 23.5. The number of ether oxygens (including phenoxy) is 1. The Bertz CT molecular complexity index is 1030. The van der Waals surface area contributed by atoms with Gasteiger partial charge in [-0.3, -0.25) is 14.5 Å². The summed E-state index contributed by atoms with van der Waals surface area (Å²) < 4.78 is 6.25. The molecule has 0 unspecified atom stereocenters. The van der Waals surface area contributed by atoms with Crippen molar-refractivity contribution in [2.45, 2.75) is 69.4 Å². The number of nitrogens with zero attached hydrogens (tertiary/aromatic N) is 3. The maximum absolute atomic E-state index is 12.3. The Balaban J connectivity index is 1.12. The fourth-order valence-corrected chi connectivity index (χ4v) is 7.14. The molecule has 1 heterocycles. The molecule has 1 amide bonds. The molecular formula is C32H45N3O3. The zero-order valence-electron chi connectivity index (χ0n) is 23.5. The number of hydroxylamine groups is 2. The minimum absolute atomic E-state index is 0.149. The summed E-state index contributed by atoms with van der Waals surface area (Å²) in [6.07, 6.45) is 12.0. The summed E-state index contributed by atoms with van der Waals surface area (Å²) in [5.74, 6) is 0.629. The Morgan fingerprint density at radius 1 is 0.816 bits per heavy atom. The number of hydrogen-bond acceptors (Lipinski definition) is 5. The lowest BCUT2D eigenvalue weighted by Crippen LogP contribution is -2.54. The molecule has 0 atom stereocenters. The van der Waals surface area contributed by atoms with Crippen LogP contribution in [0, 0.1) is 5.92 Å². The van der Waals surface area contributed by atoms with Crippen LogP contribution < -0.4 is 4.90 Å². The van der Waals surface area contributed by atoms with Crippen LogP contribution in [0.15, 0.2) is 48.5 Å². The van der Waals surface area contributed by atoms with Gasteiger partial charge in [-0.25, -0.2) is 5.06 Å². The Kier molecular flexibility index (Phi) is 8.71. The van der Waals surface area contributed by atoms with E-state index in [0.29, 0.717) is 11.6 Å². The molecule has 2 aliphatic carbocycles. The van der Waals surface area contributed by atoms with Crippen molar-refractivity contribution in [2.24, 2.45) is 5.92 Å². The molecule has 2 aromatic carbocycles. The summed E-state index contributed by atoms with van der Waals surface area (Å²) in [6, 6.07) is 17.3. The largest absolute Gasteiger partial charge is 0.378 e. The van der Waals surface area contributed by atoms with Crippen LogP contribution in [0.2, 0.25) is 0 Å². The number of rotatable bonds is 7. The van der Waals surface area contributed by atoms with Gasteiger partial charge in [-0.1, -0.05) is 43.5 Å². The van der Waals surface area contributed by atoms with E-state index >= 15 is 0 Å². The summed E-state index contributed by atoms with van der Waals surface area (Å²) in [7, 11) is 5.08. The van der Waals surface area contributed by atoms with E-state index < -0.39 is 0 Å². The van der Waals surface area contributed by atoms with Crippen LogP contribution in [0.1, 0.15) is 68.1 Å². The fraction of sp³-hybridized carbons (Fsp3) is 0.594. The highest BCUT2D eigenvalue weighted by Gasteiger charge is 2.43. The summed E-state index contributed by atoms with van der Waals surface area (Å²) in [5.41, 5.74) is 4.33. The highest BCUT2D eigenvalue weighted by molar-refractivity contribution is 5.93. The van der Waals surface area contributed by atoms with Crippen LogP contribution in [0.25, 0.3) is 11.1 Å². The Hall–Kier alpha value is -2.41. The summed E-state index contributed by atoms with van der Waals surface area (Å²) >= 11 is 0. The number of carbonyl (C=O) groups excluding carboxylic acids is 1. The normalized spacial score (nSPS) is 25.3. The van der Waals surface area contributed by atoms with Crippen molar-refractivity contribution in [2.75, 3.05) is 52.3 Å². The number of carbonyl (C=O) groups is 1. The zero-order chi connectivity index (χ0) is 26.5. The fourth-order valence-electron chi connectivity index (χ4n) is 7.14. The molecule has 5 rings (SSSR count). The van der Waals surface area contributed by atoms with Crippen LogP contribution in [0.4, 0.5) is 5.69 Å². The van der Waals surface area contributed by atoms with E-state index in [1.807, 2.05) is 31.4 Å². The monoisotopic (exact) mass is 519 g/mol. The SMILES string of the molecule is CON(C)C(=O)c1ccc(-c2ccc(N3CCN([C@H]4CC[C@](OC)(C5CCCCC5)CC4)CC3)cc2)cc1. The van der Waals surface area contributed by atoms with E-state index in [4.69, 9.17) is 9.57 Å². The van der Waals surface area contributed by atoms with E-state index in [9.17, 15) is 4.79 Å². The second kappa shape index (κ2) is 12.2. The molecule has 3 fully saturated rings. The van der Waals surface area contributed by atoms with Crippen LogP contribution in [-0.2, 0) is 9.57 Å². The van der Waals surface area contributed by atoms with E-state index in [2.05, 4.69) is 34.1 Å². The van der Waals surface area contributed by atoms with E-state index in [1.54, 1.807) is 7.05 Å². The number of anilines is 1. The molecule has 0 aromatic heterocycles. The van der Waals surface area contributed by atoms with Gasteiger partial charge in [-0.15, -0.1) is 0 Å². The number of methoxy groups -OCH3 is 1. The molecule has 38 heavy (non-hydrogen) atoms. The number of benzene rings is 2. The van der Waals surface area contributed by atoms with Crippen molar-refractivity contribution >= 4 is 11.6 Å². The smallest absolute Gasteiger partial charge is 0.277 e. The molecule has 1 aliphatic heterocycles. The first-order valence-electron chi connectivity index (χ1n) is 14.6. The lowest BCUT2D eigenvalue weighted by molar-refractivity contribution is -0.105. The molecule has 6 nitrogen and oxygen atoms in total. The van der Waals surface area contributed by atoms with Gasteiger partial charge in [-0.05, 0) is 79.8 Å². The predicted octanol–water partition coefficient (Wildman–Crippen LogP) is 6.02. The van der Waals surface area contributed by atoms with Gasteiger partial charge in [-0.2, -0.15) is 0 Å². The van der Waals surface area contributed by atoms with Crippen molar-refractivity contribution in [1.82, 2.24) is 9.96 Å². The van der Waals surface area contributed by atoms with Gasteiger partial charge in [0.25, 0.3) is 5.91 Å².